The topological polar surface area (TPSA) is 53.4 Å². The molecule has 132 valence electrons. The third-order valence-electron chi connectivity index (χ3n) is 4.32. The number of para-hydroxylation sites is 1. The van der Waals surface area contributed by atoms with Gasteiger partial charge in [0.1, 0.15) is 11.5 Å². The minimum absolute atomic E-state index is 0.167. The van der Waals surface area contributed by atoms with Gasteiger partial charge in [-0.05, 0) is 59.7 Å². The van der Waals surface area contributed by atoms with Crippen LogP contribution in [0.2, 0.25) is 5.02 Å². The number of aromatic hydroxyl groups is 2. The Bertz CT molecular complexity index is 1110. The Morgan fingerprint density at radius 3 is 2.11 bits per heavy atom. The van der Waals surface area contributed by atoms with Crippen molar-refractivity contribution in [1.29, 1.82) is 0 Å². The summed E-state index contributed by atoms with van der Waals surface area (Å²) >= 11 is 6.02. The Kier molecular flexibility index (Phi) is 4.53. The normalized spacial score (nSPS) is 10.7. The van der Waals surface area contributed by atoms with E-state index in [4.69, 9.17) is 16.6 Å². The van der Waals surface area contributed by atoms with E-state index in [9.17, 15) is 10.2 Å². The lowest BCUT2D eigenvalue weighted by molar-refractivity contribution is 0.475. The monoisotopic (exact) mass is 373 g/mol. The minimum atomic E-state index is 0.167. The molecule has 4 aromatic rings. The first kappa shape index (κ1) is 17.1. The highest BCUT2D eigenvalue weighted by Crippen LogP contribution is 2.34. The number of rotatable bonds is 3. The zero-order chi connectivity index (χ0) is 18.8. The van der Waals surface area contributed by atoms with Gasteiger partial charge in [-0.2, -0.15) is 0 Å². The Morgan fingerprint density at radius 2 is 1.37 bits per heavy atom. The first-order valence-electron chi connectivity index (χ1n) is 8.46. The highest BCUT2D eigenvalue weighted by molar-refractivity contribution is 6.30. The summed E-state index contributed by atoms with van der Waals surface area (Å²) in [5.74, 6) is 0.343. The SMILES string of the molecule is Oc1cccc(-c2cc(-c3ccc(Cl)cc3)cc(-c3ccccc3O)n2)c1. The molecule has 0 aliphatic carbocycles. The van der Waals surface area contributed by atoms with Gasteiger partial charge in [0.05, 0.1) is 11.4 Å². The highest BCUT2D eigenvalue weighted by atomic mass is 35.5. The number of pyridine rings is 1. The molecule has 0 unspecified atom stereocenters. The number of nitrogens with zero attached hydrogens (tertiary/aromatic N) is 1. The van der Waals surface area contributed by atoms with Crippen LogP contribution in [0, 0.1) is 0 Å². The largest absolute Gasteiger partial charge is 0.508 e. The first-order valence-corrected chi connectivity index (χ1v) is 8.84. The molecule has 0 aliphatic heterocycles. The van der Waals surface area contributed by atoms with E-state index in [1.807, 2.05) is 54.6 Å². The molecule has 1 aromatic heterocycles. The van der Waals surface area contributed by atoms with Crippen molar-refractivity contribution in [1.82, 2.24) is 4.98 Å². The maximum absolute atomic E-state index is 10.3. The molecule has 0 fully saturated rings. The van der Waals surface area contributed by atoms with E-state index in [1.54, 1.807) is 30.3 Å². The van der Waals surface area contributed by atoms with E-state index in [2.05, 4.69) is 0 Å². The molecular weight excluding hydrogens is 358 g/mol. The zero-order valence-electron chi connectivity index (χ0n) is 14.3. The smallest absolute Gasteiger partial charge is 0.124 e. The van der Waals surface area contributed by atoms with E-state index in [1.165, 1.54) is 0 Å². The summed E-state index contributed by atoms with van der Waals surface area (Å²) in [5, 5.41) is 20.8. The van der Waals surface area contributed by atoms with Gasteiger partial charge >= 0.3 is 0 Å². The van der Waals surface area contributed by atoms with Gasteiger partial charge in [-0.25, -0.2) is 4.98 Å². The predicted molar refractivity (Wildman–Crippen MR) is 109 cm³/mol. The lowest BCUT2D eigenvalue weighted by atomic mass is 9.99. The summed E-state index contributed by atoms with van der Waals surface area (Å²) in [7, 11) is 0. The highest BCUT2D eigenvalue weighted by Gasteiger charge is 2.11. The third kappa shape index (κ3) is 3.64. The van der Waals surface area contributed by atoms with Crippen molar-refractivity contribution in [3.05, 3.63) is 90.0 Å². The van der Waals surface area contributed by atoms with Crippen LogP contribution in [0.3, 0.4) is 0 Å². The molecule has 0 radical (unpaired) electrons. The second kappa shape index (κ2) is 7.14. The van der Waals surface area contributed by atoms with Gasteiger partial charge in [-0.3, -0.25) is 0 Å². The number of phenols is 2. The van der Waals surface area contributed by atoms with Crippen LogP contribution in [-0.4, -0.2) is 15.2 Å². The fourth-order valence-corrected chi connectivity index (χ4v) is 3.11. The summed E-state index contributed by atoms with van der Waals surface area (Å²) in [5.41, 5.74) is 4.73. The molecule has 0 spiro atoms. The second-order valence-corrected chi connectivity index (χ2v) is 6.64. The van der Waals surface area contributed by atoms with E-state index >= 15 is 0 Å². The number of aromatic nitrogens is 1. The lowest BCUT2D eigenvalue weighted by Gasteiger charge is -2.11. The molecule has 3 nitrogen and oxygen atoms in total. The third-order valence-corrected chi connectivity index (χ3v) is 4.58. The minimum Gasteiger partial charge on any atom is -0.508 e. The lowest BCUT2D eigenvalue weighted by Crippen LogP contribution is -1.91. The molecule has 1 heterocycles. The number of halogens is 1. The van der Waals surface area contributed by atoms with E-state index in [0.717, 1.165) is 16.7 Å². The van der Waals surface area contributed by atoms with Crippen molar-refractivity contribution in [3.63, 3.8) is 0 Å². The maximum Gasteiger partial charge on any atom is 0.124 e. The number of phenolic OH excluding ortho intramolecular Hbond substituents is 2. The van der Waals surface area contributed by atoms with Crippen LogP contribution in [0.25, 0.3) is 33.6 Å². The van der Waals surface area contributed by atoms with Crippen LogP contribution in [0.15, 0.2) is 84.9 Å². The predicted octanol–water partition coefficient (Wildman–Crippen LogP) is 6.15. The zero-order valence-corrected chi connectivity index (χ0v) is 15.1. The second-order valence-electron chi connectivity index (χ2n) is 6.20. The Balaban J connectivity index is 1.94. The number of benzene rings is 3. The van der Waals surface area contributed by atoms with Gasteiger partial charge in [-0.1, -0.05) is 48.0 Å². The van der Waals surface area contributed by atoms with Crippen LogP contribution in [0.5, 0.6) is 11.5 Å². The van der Waals surface area contributed by atoms with Gasteiger partial charge in [0, 0.05) is 16.1 Å². The molecule has 0 saturated heterocycles. The van der Waals surface area contributed by atoms with Crippen LogP contribution in [-0.2, 0) is 0 Å². The van der Waals surface area contributed by atoms with Crippen molar-refractivity contribution in [3.8, 4) is 45.1 Å². The van der Waals surface area contributed by atoms with E-state index in [-0.39, 0.29) is 11.5 Å². The molecule has 4 heteroatoms. The molecule has 0 saturated carbocycles. The molecular formula is C23H16ClNO2. The maximum atomic E-state index is 10.3. The van der Waals surface area contributed by atoms with Crippen LogP contribution >= 0.6 is 11.6 Å². The fraction of sp³-hybridized carbons (Fsp3) is 0. The molecule has 3 aromatic carbocycles. The van der Waals surface area contributed by atoms with Crippen LogP contribution in [0.1, 0.15) is 0 Å². The molecule has 27 heavy (non-hydrogen) atoms. The Morgan fingerprint density at radius 1 is 0.630 bits per heavy atom. The van der Waals surface area contributed by atoms with Gasteiger partial charge < -0.3 is 10.2 Å². The standard InChI is InChI=1S/C23H16ClNO2/c24-18-10-8-15(9-11-18)17-13-21(16-4-3-5-19(26)12-16)25-22(14-17)20-6-1-2-7-23(20)27/h1-14,26-27H. The quantitative estimate of drug-likeness (QED) is 0.453. The fourth-order valence-electron chi connectivity index (χ4n) is 2.98. The van der Waals surface area contributed by atoms with Gasteiger partial charge in [0.25, 0.3) is 0 Å². The van der Waals surface area contributed by atoms with Gasteiger partial charge in [0.15, 0.2) is 0 Å². The molecule has 4 rings (SSSR count). The van der Waals surface area contributed by atoms with Crippen LogP contribution in [0.4, 0.5) is 0 Å². The first-order chi connectivity index (χ1) is 13.1. The molecule has 0 aliphatic rings. The Labute approximate surface area is 162 Å². The summed E-state index contributed by atoms with van der Waals surface area (Å²) < 4.78 is 0. The van der Waals surface area contributed by atoms with E-state index < -0.39 is 0 Å². The summed E-state index contributed by atoms with van der Waals surface area (Å²) in [4.78, 5) is 4.72. The Hall–Kier alpha value is -3.30. The van der Waals surface area contributed by atoms with Gasteiger partial charge in [0.2, 0.25) is 0 Å². The summed E-state index contributed by atoms with van der Waals surface area (Å²) in [6.45, 7) is 0. The summed E-state index contributed by atoms with van der Waals surface area (Å²) in [6.07, 6.45) is 0. The number of hydrogen-bond acceptors (Lipinski definition) is 3. The molecule has 0 amide bonds. The average Bonchev–Trinajstić information content (AvgIpc) is 2.68. The molecule has 2 N–H and O–H groups in total. The van der Waals surface area contributed by atoms with Crippen molar-refractivity contribution in [2.45, 2.75) is 0 Å². The van der Waals surface area contributed by atoms with Crippen LogP contribution < -0.4 is 0 Å². The van der Waals surface area contributed by atoms with Crippen molar-refractivity contribution in [2.75, 3.05) is 0 Å². The van der Waals surface area contributed by atoms with Crippen molar-refractivity contribution < 1.29 is 10.2 Å². The molecule has 0 atom stereocenters. The average molecular weight is 374 g/mol. The van der Waals surface area contributed by atoms with Gasteiger partial charge in [-0.15, -0.1) is 0 Å². The number of hydrogen-bond donors (Lipinski definition) is 2. The summed E-state index contributed by atoms with van der Waals surface area (Å²) in [6, 6.07) is 25.5. The molecule has 0 bridgehead atoms. The van der Waals surface area contributed by atoms with E-state index in [0.29, 0.717) is 22.0 Å². The van der Waals surface area contributed by atoms with Crippen molar-refractivity contribution >= 4 is 11.6 Å². The van der Waals surface area contributed by atoms with Crippen molar-refractivity contribution in [2.24, 2.45) is 0 Å².